The average Bonchev–Trinajstić information content (AvgIpc) is 3.47. The molecule has 0 bridgehead atoms. The molecule has 0 aromatic heterocycles. The molecule has 0 aromatic carbocycles. The highest BCUT2D eigenvalue weighted by molar-refractivity contribution is 5.70. The SMILES string of the molecule is CC/C=C\C/C=C\C/C=C\C/C=C\C/C=C\C/C=C\C/C=C\C/C=C\CCCCCCCCCCC(=O)OC(CO)COC(=O)CCCCCCCCCCCCCCCCCCCCCCCCCCCCCCCCCCCC. The van der Waals surface area contributed by atoms with Crippen LogP contribution in [0.5, 0.6) is 0 Å². The number of ether oxygens (including phenoxy) is 2. The van der Waals surface area contributed by atoms with Crippen molar-refractivity contribution in [2.24, 2.45) is 0 Å². The Hall–Kier alpha value is -3.18. The fourth-order valence-corrected chi connectivity index (χ4v) is 10.4. The quantitative estimate of drug-likeness (QED) is 0.0373. The maximum Gasteiger partial charge on any atom is 0.306 e. The second-order valence-corrected chi connectivity index (χ2v) is 23.6. The van der Waals surface area contributed by atoms with Crippen LogP contribution in [-0.2, 0) is 19.1 Å². The first-order valence-electron chi connectivity index (χ1n) is 35.3. The third kappa shape index (κ3) is 69.2. The first-order valence-corrected chi connectivity index (χ1v) is 35.3. The Balaban J connectivity index is 3.47. The molecule has 0 spiro atoms. The molecule has 0 aromatic rings. The van der Waals surface area contributed by atoms with Crippen LogP contribution in [0.1, 0.15) is 354 Å². The molecule has 0 amide bonds. The number of carbonyl (C=O) groups excluding carboxylic acids is 2. The second kappa shape index (κ2) is 71.1. The molecule has 5 nitrogen and oxygen atoms in total. The molecule has 0 radical (unpaired) electrons. The summed E-state index contributed by atoms with van der Waals surface area (Å²) in [5.41, 5.74) is 0. The molecule has 0 fully saturated rings. The van der Waals surface area contributed by atoms with Gasteiger partial charge in [-0.25, -0.2) is 0 Å². The minimum atomic E-state index is -0.783. The van der Waals surface area contributed by atoms with Crippen LogP contribution < -0.4 is 0 Å². The molecule has 0 aliphatic rings. The van der Waals surface area contributed by atoms with Crippen molar-refractivity contribution in [3.63, 3.8) is 0 Å². The predicted molar refractivity (Wildman–Crippen MR) is 357 cm³/mol. The van der Waals surface area contributed by atoms with E-state index < -0.39 is 6.10 Å². The number of esters is 2. The van der Waals surface area contributed by atoms with Crippen LogP contribution in [0, 0.1) is 0 Å². The van der Waals surface area contributed by atoms with Crippen molar-refractivity contribution in [2.75, 3.05) is 13.2 Å². The van der Waals surface area contributed by atoms with Gasteiger partial charge in [0.15, 0.2) is 6.10 Å². The van der Waals surface area contributed by atoms with Crippen molar-refractivity contribution in [3.8, 4) is 0 Å². The molecule has 1 atom stereocenters. The van der Waals surface area contributed by atoms with Gasteiger partial charge in [0, 0.05) is 12.8 Å². The number of allylic oxidation sites excluding steroid dienone is 16. The lowest BCUT2D eigenvalue weighted by Gasteiger charge is -2.15. The minimum Gasteiger partial charge on any atom is -0.462 e. The summed E-state index contributed by atoms with van der Waals surface area (Å²) in [6.07, 6.45) is 102. The fourth-order valence-electron chi connectivity index (χ4n) is 10.4. The van der Waals surface area contributed by atoms with Gasteiger partial charge in [0.1, 0.15) is 6.61 Å². The van der Waals surface area contributed by atoms with Crippen molar-refractivity contribution in [3.05, 3.63) is 97.2 Å². The van der Waals surface area contributed by atoms with Crippen molar-refractivity contribution < 1.29 is 24.2 Å². The number of aliphatic hydroxyl groups is 1. The molecule has 0 saturated carbocycles. The first-order chi connectivity index (χ1) is 40.1. The summed E-state index contributed by atoms with van der Waals surface area (Å²) in [5, 5.41) is 9.70. The minimum absolute atomic E-state index is 0.0701. The summed E-state index contributed by atoms with van der Waals surface area (Å²) < 4.78 is 10.8. The van der Waals surface area contributed by atoms with Gasteiger partial charge in [0.05, 0.1) is 6.61 Å². The lowest BCUT2D eigenvalue weighted by atomic mass is 10.0. The summed E-state index contributed by atoms with van der Waals surface area (Å²) in [6, 6.07) is 0. The molecule has 0 aliphatic carbocycles. The maximum absolute atomic E-state index is 12.4. The van der Waals surface area contributed by atoms with Crippen LogP contribution >= 0.6 is 0 Å². The fraction of sp³-hybridized carbons (Fsp3) is 0.763. The van der Waals surface area contributed by atoms with Crippen LogP contribution in [-0.4, -0.2) is 36.4 Å². The van der Waals surface area contributed by atoms with Gasteiger partial charge in [0.2, 0.25) is 0 Å². The van der Waals surface area contributed by atoms with E-state index in [1.807, 2.05) is 0 Å². The predicted octanol–water partition coefficient (Wildman–Crippen LogP) is 24.6. The van der Waals surface area contributed by atoms with Crippen LogP contribution in [0.4, 0.5) is 0 Å². The number of aliphatic hydroxyl groups excluding tert-OH is 1. The number of hydrogen-bond donors (Lipinski definition) is 1. The van der Waals surface area contributed by atoms with E-state index in [0.717, 1.165) is 96.3 Å². The summed E-state index contributed by atoms with van der Waals surface area (Å²) in [4.78, 5) is 24.7. The average molecular weight is 1130 g/mol. The van der Waals surface area contributed by atoms with Gasteiger partial charge < -0.3 is 14.6 Å². The molecule has 1 N–H and O–H groups in total. The molecular formula is C76H134O5. The zero-order chi connectivity index (χ0) is 58.4. The van der Waals surface area contributed by atoms with Crippen molar-refractivity contribution >= 4 is 11.9 Å². The topological polar surface area (TPSA) is 72.8 Å². The Morgan fingerprint density at radius 3 is 0.802 bits per heavy atom. The van der Waals surface area contributed by atoms with E-state index in [-0.39, 0.29) is 25.2 Å². The smallest absolute Gasteiger partial charge is 0.306 e. The largest absolute Gasteiger partial charge is 0.462 e. The Labute approximate surface area is 504 Å². The third-order valence-corrected chi connectivity index (χ3v) is 15.6. The van der Waals surface area contributed by atoms with E-state index >= 15 is 0 Å². The first kappa shape index (κ1) is 77.8. The normalized spacial score (nSPS) is 12.8. The molecule has 468 valence electrons. The Kier molecular flexibility index (Phi) is 68.3. The Morgan fingerprint density at radius 1 is 0.296 bits per heavy atom. The summed E-state index contributed by atoms with van der Waals surface area (Å²) in [6.45, 7) is 4.06. The van der Waals surface area contributed by atoms with Crippen LogP contribution in [0.25, 0.3) is 0 Å². The Bertz CT molecular complexity index is 1510. The molecule has 0 saturated heterocycles. The van der Waals surface area contributed by atoms with E-state index in [1.165, 1.54) is 231 Å². The summed E-state index contributed by atoms with van der Waals surface area (Å²) in [5.74, 6) is -0.589. The molecular weight excluding hydrogens is 993 g/mol. The maximum atomic E-state index is 12.4. The number of unbranched alkanes of at least 4 members (excludes halogenated alkanes) is 41. The zero-order valence-corrected chi connectivity index (χ0v) is 53.8. The molecule has 0 rings (SSSR count). The van der Waals surface area contributed by atoms with E-state index in [1.54, 1.807) is 0 Å². The van der Waals surface area contributed by atoms with E-state index in [0.29, 0.717) is 12.8 Å². The highest BCUT2D eigenvalue weighted by Crippen LogP contribution is 2.18. The van der Waals surface area contributed by atoms with Gasteiger partial charge >= 0.3 is 11.9 Å². The monoisotopic (exact) mass is 1130 g/mol. The van der Waals surface area contributed by atoms with Gasteiger partial charge in [-0.05, 0) is 77.0 Å². The molecule has 5 heteroatoms. The second-order valence-electron chi connectivity index (χ2n) is 23.6. The molecule has 81 heavy (non-hydrogen) atoms. The number of carbonyl (C=O) groups is 2. The molecule has 0 heterocycles. The van der Waals surface area contributed by atoms with Gasteiger partial charge in [-0.15, -0.1) is 0 Å². The van der Waals surface area contributed by atoms with Gasteiger partial charge in [0.25, 0.3) is 0 Å². The molecule has 0 aliphatic heterocycles. The van der Waals surface area contributed by atoms with Crippen LogP contribution in [0.3, 0.4) is 0 Å². The summed E-state index contributed by atoms with van der Waals surface area (Å²) >= 11 is 0. The summed E-state index contributed by atoms with van der Waals surface area (Å²) in [7, 11) is 0. The number of hydrogen-bond acceptors (Lipinski definition) is 5. The molecule has 1 unspecified atom stereocenters. The zero-order valence-electron chi connectivity index (χ0n) is 53.8. The van der Waals surface area contributed by atoms with Crippen LogP contribution in [0.2, 0.25) is 0 Å². The lowest BCUT2D eigenvalue weighted by Crippen LogP contribution is -2.28. The Morgan fingerprint density at radius 2 is 0.531 bits per heavy atom. The highest BCUT2D eigenvalue weighted by Gasteiger charge is 2.16. The van der Waals surface area contributed by atoms with Crippen molar-refractivity contribution in [1.82, 2.24) is 0 Å². The van der Waals surface area contributed by atoms with Crippen molar-refractivity contribution in [1.29, 1.82) is 0 Å². The van der Waals surface area contributed by atoms with Gasteiger partial charge in [-0.2, -0.15) is 0 Å². The van der Waals surface area contributed by atoms with Gasteiger partial charge in [-0.1, -0.05) is 361 Å². The number of rotatable bonds is 65. The third-order valence-electron chi connectivity index (χ3n) is 15.6. The standard InChI is InChI=1S/C76H134O5/c1-3-5-7-9-11-13-15-17-19-21-23-25-27-29-31-33-35-37-39-40-42-44-46-48-50-52-54-56-58-60-62-64-66-68-70-75(78)80-73-74(72-77)81-76(79)71-69-67-65-63-61-59-57-55-53-51-49-47-45-43-41-38-36-34-32-30-28-26-24-22-20-18-16-14-12-10-8-6-4-2/h6,8,12,14,18,20,24,26,30,32,36,38,43,45,49,51,74,77H,3-5,7,9-11,13,15-17,19,21-23,25,27-29,31,33-35,37,39-42,44,46-48,50,52-73H2,1-2H3/b8-6-,14-12-,20-18-,26-24-,32-30-,38-36-,45-43-,51-49-. The lowest BCUT2D eigenvalue weighted by molar-refractivity contribution is -0.161. The van der Waals surface area contributed by atoms with E-state index in [2.05, 4.69) is 111 Å². The van der Waals surface area contributed by atoms with Crippen LogP contribution in [0.15, 0.2) is 97.2 Å². The van der Waals surface area contributed by atoms with E-state index in [4.69, 9.17) is 9.47 Å². The van der Waals surface area contributed by atoms with Gasteiger partial charge in [-0.3, -0.25) is 9.59 Å². The van der Waals surface area contributed by atoms with Crippen molar-refractivity contribution in [2.45, 2.75) is 360 Å². The highest BCUT2D eigenvalue weighted by atomic mass is 16.6. The van der Waals surface area contributed by atoms with E-state index in [9.17, 15) is 14.7 Å².